The van der Waals surface area contributed by atoms with Crippen LogP contribution in [-0.2, 0) is 16.6 Å². The van der Waals surface area contributed by atoms with Crippen LogP contribution in [0.25, 0.3) is 0 Å². The van der Waals surface area contributed by atoms with Crippen LogP contribution in [0.3, 0.4) is 0 Å². The molecule has 156 valence electrons. The van der Waals surface area contributed by atoms with Gasteiger partial charge in [-0.05, 0) is 36.6 Å². The number of hydrogen-bond acceptors (Lipinski definition) is 5. The Morgan fingerprint density at radius 3 is 2.41 bits per heavy atom. The first-order valence-corrected chi connectivity index (χ1v) is 12.1. The van der Waals surface area contributed by atoms with Crippen LogP contribution in [0.2, 0.25) is 5.02 Å². The smallest absolute Gasteiger partial charge is 0.242 e. The third-order valence-corrected chi connectivity index (χ3v) is 7.78. The molecule has 0 radical (unpaired) electrons. The molecule has 1 N–H and O–H groups in total. The number of sulfonamides is 1. The van der Waals surface area contributed by atoms with E-state index in [-0.39, 0.29) is 16.5 Å². The molecule has 1 aliphatic carbocycles. The van der Waals surface area contributed by atoms with Crippen molar-refractivity contribution in [3.05, 3.63) is 53.2 Å². The molecular formula is C21H27ClN4O2S. The third-order valence-electron chi connectivity index (χ3n) is 5.88. The molecule has 2 heterocycles. The Bertz CT molecular complexity index is 922. The van der Waals surface area contributed by atoms with E-state index < -0.39 is 10.0 Å². The van der Waals surface area contributed by atoms with E-state index in [0.717, 1.165) is 43.6 Å². The summed E-state index contributed by atoms with van der Waals surface area (Å²) in [7, 11) is -3.66. The average molecular weight is 435 g/mol. The molecule has 2 fully saturated rings. The number of hydrogen-bond donors (Lipinski definition) is 1. The zero-order chi connectivity index (χ0) is 20.3. The maximum Gasteiger partial charge on any atom is 0.242 e. The van der Waals surface area contributed by atoms with Crippen LogP contribution in [0.5, 0.6) is 0 Å². The highest BCUT2D eigenvalue weighted by Gasteiger charge is 2.26. The Morgan fingerprint density at radius 2 is 1.76 bits per heavy atom. The first kappa shape index (κ1) is 20.6. The van der Waals surface area contributed by atoms with Crippen molar-refractivity contribution >= 4 is 27.4 Å². The van der Waals surface area contributed by atoms with Crippen LogP contribution < -0.4 is 9.62 Å². The van der Waals surface area contributed by atoms with Crippen LogP contribution in [0.1, 0.15) is 31.2 Å². The minimum absolute atomic E-state index is 0.0892. The summed E-state index contributed by atoms with van der Waals surface area (Å²) in [5.41, 5.74) is 0.814. The summed E-state index contributed by atoms with van der Waals surface area (Å²) in [6.07, 6.45) is 7.17. The third kappa shape index (κ3) is 4.91. The van der Waals surface area contributed by atoms with Crippen molar-refractivity contribution in [2.24, 2.45) is 0 Å². The fourth-order valence-electron chi connectivity index (χ4n) is 4.21. The van der Waals surface area contributed by atoms with Crippen LogP contribution in [-0.4, -0.2) is 50.5 Å². The van der Waals surface area contributed by atoms with E-state index in [1.165, 1.54) is 31.7 Å². The summed E-state index contributed by atoms with van der Waals surface area (Å²) in [6, 6.07) is 11.1. The van der Waals surface area contributed by atoms with Gasteiger partial charge in [0.2, 0.25) is 10.0 Å². The van der Waals surface area contributed by atoms with Crippen molar-refractivity contribution in [1.82, 2.24) is 14.6 Å². The van der Waals surface area contributed by atoms with Gasteiger partial charge in [-0.1, -0.05) is 42.6 Å². The van der Waals surface area contributed by atoms with Crippen LogP contribution in [0.4, 0.5) is 5.82 Å². The van der Waals surface area contributed by atoms with Gasteiger partial charge in [0.05, 0.1) is 5.02 Å². The maximum absolute atomic E-state index is 12.5. The molecule has 2 aliphatic rings. The molecule has 0 unspecified atom stereocenters. The number of rotatable bonds is 6. The van der Waals surface area contributed by atoms with Gasteiger partial charge in [0.15, 0.2) is 0 Å². The van der Waals surface area contributed by atoms with E-state index >= 15 is 0 Å². The maximum atomic E-state index is 12.5. The molecule has 6 nitrogen and oxygen atoms in total. The van der Waals surface area contributed by atoms with Gasteiger partial charge in [-0.3, -0.25) is 4.90 Å². The average Bonchev–Trinajstić information content (AvgIpc) is 3.28. The highest BCUT2D eigenvalue weighted by Crippen LogP contribution is 2.25. The normalized spacial score (nSPS) is 19.0. The van der Waals surface area contributed by atoms with Gasteiger partial charge in [-0.15, -0.1) is 0 Å². The first-order chi connectivity index (χ1) is 14.0. The van der Waals surface area contributed by atoms with Crippen molar-refractivity contribution in [1.29, 1.82) is 0 Å². The fourth-order valence-corrected chi connectivity index (χ4v) is 5.75. The molecule has 1 saturated heterocycles. The number of nitrogens with one attached hydrogen (secondary N) is 1. The zero-order valence-corrected chi connectivity index (χ0v) is 18.0. The van der Waals surface area contributed by atoms with Gasteiger partial charge in [-0.2, -0.15) is 0 Å². The largest absolute Gasteiger partial charge is 0.354 e. The quantitative estimate of drug-likeness (QED) is 0.755. The second-order valence-corrected chi connectivity index (χ2v) is 9.88. The molecule has 0 bridgehead atoms. The minimum Gasteiger partial charge on any atom is -0.354 e. The predicted octanol–water partition coefficient (Wildman–Crippen LogP) is 3.28. The topological polar surface area (TPSA) is 65.5 Å². The molecule has 1 aromatic heterocycles. The lowest BCUT2D eigenvalue weighted by molar-refractivity contribution is 0.187. The molecule has 2 aromatic rings. The number of anilines is 1. The van der Waals surface area contributed by atoms with Crippen molar-refractivity contribution in [3.63, 3.8) is 0 Å². The summed E-state index contributed by atoms with van der Waals surface area (Å²) >= 11 is 6.01. The Labute approximate surface area is 177 Å². The van der Waals surface area contributed by atoms with Gasteiger partial charge in [-0.25, -0.2) is 18.1 Å². The Balaban J connectivity index is 1.32. The van der Waals surface area contributed by atoms with E-state index in [4.69, 9.17) is 11.6 Å². The van der Waals surface area contributed by atoms with E-state index in [0.29, 0.717) is 0 Å². The molecule has 1 aromatic carbocycles. The van der Waals surface area contributed by atoms with E-state index in [2.05, 4.69) is 19.5 Å². The standard InChI is InChI=1S/C21H27ClN4O2S/c22-19-7-3-4-8-20(19)29(27,28)24-16-17-9-10-21(23-15-17)26-13-11-25(12-14-26)18-5-1-2-6-18/h3-4,7-10,15,18,24H,1-2,5-6,11-14,16H2. The summed E-state index contributed by atoms with van der Waals surface area (Å²) in [5, 5.41) is 0.213. The summed E-state index contributed by atoms with van der Waals surface area (Å²) < 4.78 is 27.5. The highest BCUT2D eigenvalue weighted by atomic mass is 35.5. The van der Waals surface area contributed by atoms with Gasteiger partial charge >= 0.3 is 0 Å². The van der Waals surface area contributed by atoms with Gasteiger partial charge in [0.25, 0.3) is 0 Å². The number of aromatic nitrogens is 1. The monoisotopic (exact) mass is 434 g/mol. The first-order valence-electron chi connectivity index (χ1n) is 10.2. The second kappa shape index (κ2) is 9.00. The molecule has 0 atom stereocenters. The fraction of sp³-hybridized carbons (Fsp3) is 0.476. The van der Waals surface area contributed by atoms with Crippen molar-refractivity contribution < 1.29 is 8.42 Å². The second-order valence-electron chi connectivity index (χ2n) is 7.74. The van der Waals surface area contributed by atoms with Crippen molar-refractivity contribution in [2.45, 2.75) is 43.2 Å². The van der Waals surface area contributed by atoms with Crippen LogP contribution >= 0.6 is 11.6 Å². The molecule has 4 rings (SSSR count). The lowest BCUT2D eigenvalue weighted by atomic mass is 10.2. The molecule has 0 amide bonds. The van der Waals surface area contributed by atoms with Crippen LogP contribution in [0.15, 0.2) is 47.5 Å². The number of nitrogens with zero attached hydrogens (tertiary/aromatic N) is 3. The highest BCUT2D eigenvalue weighted by molar-refractivity contribution is 7.89. The molecule has 29 heavy (non-hydrogen) atoms. The zero-order valence-electron chi connectivity index (χ0n) is 16.4. The number of halogens is 1. The SMILES string of the molecule is O=S(=O)(NCc1ccc(N2CCN(C3CCCC3)CC2)nc1)c1ccccc1Cl. The number of benzene rings is 1. The minimum atomic E-state index is -3.66. The Kier molecular flexibility index (Phi) is 6.39. The molecule has 1 aliphatic heterocycles. The Morgan fingerprint density at radius 1 is 1.03 bits per heavy atom. The summed E-state index contributed by atoms with van der Waals surface area (Å²) in [6.45, 7) is 4.33. The van der Waals surface area contributed by atoms with E-state index in [1.54, 1.807) is 24.4 Å². The molecular weight excluding hydrogens is 408 g/mol. The molecule has 1 saturated carbocycles. The Hall–Kier alpha value is -1.67. The van der Waals surface area contributed by atoms with Crippen molar-refractivity contribution in [2.75, 3.05) is 31.1 Å². The van der Waals surface area contributed by atoms with E-state index in [9.17, 15) is 8.42 Å². The number of piperazine rings is 1. The summed E-state index contributed by atoms with van der Waals surface area (Å²) in [4.78, 5) is 9.59. The molecule has 8 heteroatoms. The summed E-state index contributed by atoms with van der Waals surface area (Å²) in [5.74, 6) is 0.953. The predicted molar refractivity (Wildman–Crippen MR) is 116 cm³/mol. The van der Waals surface area contributed by atoms with E-state index in [1.807, 2.05) is 12.1 Å². The lowest BCUT2D eigenvalue weighted by Crippen LogP contribution is -2.50. The molecule has 0 spiro atoms. The van der Waals surface area contributed by atoms with Crippen molar-refractivity contribution in [3.8, 4) is 0 Å². The number of pyridine rings is 1. The van der Waals surface area contributed by atoms with Crippen LogP contribution in [0, 0.1) is 0 Å². The van der Waals surface area contributed by atoms with Gasteiger partial charge in [0.1, 0.15) is 10.7 Å². The lowest BCUT2D eigenvalue weighted by Gasteiger charge is -2.38. The van der Waals surface area contributed by atoms with Gasteiger partial charge in [0, 0.05) is 45.0 Å². The van der Waals surface area contributed by atoms with Gasteiger partial charge < -0.3 is 4.90 Å².